The Kier molecular flexibility index (Phi) is 3.61. The second kappa shape index (κ2) is 5.19. The predicted molar refractivity (Wildman–Crippen MR) is 69.8 cm³/mol. The Morgan fingerprint density at radius 1 is 1.42 bits per heavy atom. The minimum atomic E-state index is -0.529. The van der Waals surface area contributed by atoms with E-state index in [0.29, 0.717) is 6.54 Å². The number of nitrogens with one attached hydrogen (secondary N) is 2. The largest absolute Gasteiger partial charge is 0.363 e. The lowest BCUT2D eigenvalue weighted by Crippen LogP contribution is -2.13. The number of nitrogens with two attached hydrogens (primary N) is 1. The molecule has 0 amide bonds. The lowest BCUT2D eigenvalue weighted by molar-refractivity contribution is 0.617. The molecule has 4 N–H and O–H groups in total. The van der Waals surface area contributed by atoms with Gasteiger partial charge in [0.1, 0.15) is 0 Å². The molecule has 2 aromatic heterocycles. The van der Waals surface area contributed by atoms with E-state index in [4.69, 9.17) is 5.84 Å². The summed E-state index contributed by atoms with van der Waals surface area (Å²) in [4.78, 5) is 7.58. The summed E-state index contributed by atoms with van der Waals surface area (Å²) in [6.07, 6.45) is 1.06. The number of nitrogen functional groups attached to an aromatic ring is 1. The maximum atomic E-state index is 13.5. The SMILES string of the molecule is Cc1nn(C)c(C)c1CNc1nc(NN)ncc1F. The Morgan fingerprint density at radius 2 is 2.16 bits per heavy atom. The quantitative estimate of drug-likeness (QED) is 0.561. The summed E-state index contributed by atoms with van der Waals surface area (Å²) in [6.45, 7) is 4.30. The van der Waals surface area contributed by atoms with Gasteiger partial charge in [0.25, 0.3) is 0 Å². The standard InChI is InChI=1S/C11H16FN7/c1-6-8(7(2)19(3)18-6)4-14-10-9(12)5-15-11(16-10)17-13/h5H,4,13H2,1-3H3,(H2,14,15,16,17). The molecule has 19 heavy (non-hydrogen) atoms. The smallest absolute Gasteiger partial charge is 0.239 e. The van der Waals surface area contributed by atoms with Gasteiger partial charge in [-0.2, -0.15) is 10.1 Å². The zero-order valence-corrected chi connectivity index (χ0v) is 11.0. The highest BCUT2D eigenvalue weighted by Gasteiger charge is 2.11. The van der Waals surface area contributed by atoms with Crippen LogP contribution in [-0.2, 0) is 13.6 Å². The first kappa shape index (κ1) is 13.2. The highest BCUT2D eigenvalue weighted by atomic mass is 19.1. The minimum absolute atomic E-state index is 0.102. The molecule has 0 radical (unpaired) electrons. The van der Waals surface area contributed by atoms with Crippen LogP contribution in [0, 0.1) is 19.7 Å². The predicted octanol–water partition coefficient (Wildman–Crippen LogP) is 0.864. The summed E-state index contributed by atoms with van der Waals surface area (Å²) in [5, 5.41) is 7.22. The number of hydrazine groups is 1. The number of aryl methyl sites for hydroxylation is 2. The second-order valence-corrected chi connectivity index (χ2v) is 4.16. The molecule has 0 unspecified atom stereocenters. The fraction of sp³-hybridized carbons (Fsp3) is 0.364. The van der Waals surface area contributed by atoms with Crippen molar-refractivity contribution in [2.24, 2.45) is 12.9 Å². The van der Waals surface area contributed by atoms with Crippen LogP contribution in [0.1, 0.15) is 17.0 Å². The zero-order chi connectivity index (χ0) is 14.0. The van der Waals surface area contributed by atoms with E-state index < -0.39 is 5.82 Å². The van der Waals surface area contributed by atoms with Gasteiger partial charge in [0.15, 0.2) is 11.6 Å². The van der Waals surface area contributed by atoms with Gasteiger partial charge in [-0.25, -0.2) is 15.2 Å². The molecule has 2 aromatic rings. The molecule has 2 heterocycles. The number of nitrogens with zero attached hydrogens (tertiary/aromatic N) is 4. The number of hydrogen-bond acceptors (Lipinski definition) is 6. The minimum Gasteiger partial charge on any atom is -0.363 e. The summed E-state index contributed by atoms with van der Waals surface area (Å²) in [7, 11) is 1.87. The van der Waals surface area contributed by atoms with Gasteiger partial charge in [-0.05, 0) is 13.8 Å². The van der Waals surface area contributed by atoms with Crippen molar-refractivity contribution in [3.8, 4) is 0 Å². The molecule has 0 bridgehead atoms. The molecule has 102 valence electrons. The van der Waals surface area contributed by atoms with Crippen LogP contribution < -0.4 is 16.6 Å². The highest BCUT2D eigenvalue weighted by Crippen LogP contribution is 2.16. The molecule has 8 heteroatoms. The number of hydrogen-bond donors (Lipinski definition) is 3. The van der Waals surface area contributed by atoms with Crippen LogP contribution >= 0.6 is 0 Å². The third-order valence-electron chi connectivity index (χ3n) is 2.96. The van der Waals surface area contributed by atoms with E-state index in [2.05, 4.69) is 25.8 Å². The molecular formula is C11H16FN7. The normalized spacial score (nSPS) is 10.6. The Balaban J connectivity index is 2.18. The summed E-state index contributed by atoms with van der Waals surface area (Å²) in [5.41, 5.74) is 5.22. The van der Waals surface area contributed by atoms with Gasteiger partial charge in [0.05, 0.1) is 11.9 Å². The summed E-state index contributed by atoms with van der Waals surface area (Å²) >= 11 is 0. The van der Waals surface area contributed by atoms with E-state index in [1.54, 1.807) is 4.68 Å². The lowest BCUT2D eigenvalue weighted by atomic mass is 10.2. The van der Waals surface area contributed by atoms with Gasteiger partial charge in [-0.1, -0.05) is 0 Å². The maximum Gasteiger partial charge on any atom is 0.239 e. The fourth-order valence-corrected chi connectivity index (χ4v) is 1.81. The fourth-order valence-electron chi connectivity index (χ4n) is 1.81. The first-order chi connectivity index (χ1) is 9.02. The van der Waals surface area contributed by atoms with Crippen molar-refractivity contribution in [3.05, 3.63) is 29.0 Å². The summed E-state index contributed by atoms with van der Waals surface area (Å²) in [5.74, 6) is 4.92. The van der Waals surface area contributed by atoms with Crippen LogP contribution in [0.3, 0.4) is 0 Å². The third-order valence-corrected chi connectivity index (χ3v) is 2.96. The molecule has 0 atom stereocenters. The van der Waals surface area contributed by atoms with Crippen LogP contribution in [0.25, 0.3) is 0 Å². The van der Waals surface area contributed by atoms with E-state index in [-0.39, 0.29) is 11.8 Å². The first-order valence-corrected chi connectivity index (χ1v) is 5.75. The summed E-state index contributed by atoms with van der Waals surface area (Å²) < 4.78 is 15.3. The number of halogens is 1. The number of aromatic nitrogens is 4. The van der Waals surface area contributed by atoms with Crippen molar-refractivity contribution < 1.29 is 4.39 Å². The van der Waals surface area contributed by atoms with Crippen LogP contribution in [0.5, 0.6) is 0 Å². The molecule has 0 aliphatic carbocycles. The molecule has 0 aliphatic heterocycles. The molecule has 0 saturated heterocycles. The molecule has 0 aliphatic rings. The molecular weight excluding hydrogens is 249 g/mol. The van der Waals surface area contributed by atoms with Crippen molar-refractivity contribution >= 4 is 11.8 Å². The monoisotopic (exact) mass is 265 g/mol. The van der Waals surface area contributed by atoms with Gasteiger partial charge >= 0.3 is 0 Å². The molecule has 7 nitrogen and oxygen atoms in total. The Hall–Kier alpha value is -2.22. The summed E-state index contributed by atoms with van der Waals surface area (Å²) in [6, 6.07) is 0. The van der Waals surface area contributed by atoms with Crippen molar-refractivity contribution in [1.82, 2.24) is 19.7 Å². The van der Waals surface area contributed by atoms with Crippen molar-refractivity contribution in [3.63, 3.8) is 0 Å². The van der Waals surface area contributed by atoms with Gasteiger partial charge in [0.2, 0.25) is 5.95 Å². The van der Waals surface area contributed by atoms with Crippen LogP contribution in [-0.4, -0.2) is 19.7 Å². The van der Waals surface area contributed by atoms with Crippen molar-refractivity contribution in [2.75, 3.05) is 10.7 Å². The number of anilines is 2. The lowest BCUT2D eigenvalue weighted by Gasteiger charge is -2.08. The highest BCUT2D eigenvalue weighted by molar-refractivity contribution is 5.42. The maximum absolute atomic E-state index is 13.5. The molecule has 0 fully saturated rings. The Bertz CT molecular complexity index is 593. The van der Waals surface area contributed by atoms with E-state index in [1.807, 2.05) is 20.9 Å². The van der Waals surface area contributed by atoms with E-state index in [0.717, 1.165) is 23.1 Å². The van der Waals surface area contributed by atoms with E-state index in [1.165, 1.54) is 0 Å². The molecule has 0 saturated carbocycles. The molecule has 2 rings (SSSR count). The van der Waals surface area contributed by atoms with Gasteiger partial charge < -0.3 is 5.32 Å². The topological polar surface area (TPSA) is 93.7 Å². The van der Waals surface area contributed by atoms with Crippen LogP contribution in [0.4, 0.5) is 16.2 Å². The van der Waals surface area contributed by atoms with E-state index in [9.17, 15) is 4.39 Å². The van der Waals surface area contributed by atoms with Crippen LogP contribution in [0.15, 0.2) is 6.20 Å². The Labute approximate surface area is 110 Å². The zero-order valence-electron chi connectivity index (χ0n) is 11.0. The van der Waals surface area contributed by atoms with Crippen LogP contribution in [0.2, 0.25) is 0 Å². The molecule has 0 spiro atoms. The van der Waals surface area contributed by atoms with Crippen molar-refractivity contribution in [2.45, 2.75) is 20.4 Å². The third kappa shape index (κ3) is 2.63. The number of rotatable bonds is 4. The average molecular weight is 265 g/mol. The molecule has 0 aromatic carbocycles. The Morgan fingerprint density at radius 3 is 2.74 bits per heavy atom. The van der Waals surface area contributed by atoms with Gasteiger partial charge in [-0.3, -0.25) is 10.1 Å². The second-order valence-electron chi connectivity index (χ2n) is 4.16. The van der Waals surface area contributed by atoms with Gasteiger partial charge in [-0.15, -0.1) is 0 Å². The van der Waals surface area contributed by atoms with E-state index >= 15 is 0 Å². The average Bonchev–Trinajstić information content (AvgIpc) is 2.63. The van der Waals surface area contributed by atoms with Gasteiger partial charge in [0, 0.05) is 24.8 Å². The first-order valence-electron chi connectivity index (χ1n) is 5.75. The van der Waals surface area contributed by atoms with Crippen molar-refractivity contribution in [1.29, 1.82) is 0 Å².